The first-order valence-corrected chi connectivity index (χ1v) is 7.73. The van der Waals surface area contributed by atoms with E-state index in [4.69, 9.17) is 0 Å². The van der Waals surface area contributed by atoms with Crippen molar-refractivity contribution in [2.24, 2.45) is 0 Å². The van der Waals surface area contributed by atoms with Gasteiger partial charge in [0.15, 0.2) is 0 Å². The standard InChI is InChI=1S/C19H17N3O3/c1-12(23)22(2)14-9-7-13(8-10-14)20-11-17-15-5-3-4-6-16(15)18(24)21-19(17)25/h3-11,20H,1-2H3,(H,21,24,25)/b17-11-. The molecule has 126 valence electrons. The molecule has 0 aromatic heterocycles. The number of anilines is 2. The van der Waals surface area contributed by atoms with Crippen LogP contribution in [-0.4, -0.2) is 24.8 Å². The van der Waals surface area contributed by atoms with Crippen molar-refractivity contribution < 1.29 is 14.4 Å². The van der Waals surface area contributed by atoms with Crippen molar-refractivity contribution in [3.63, 3.8) is 0 Å². The fourth-order valence-corrected chi connectivity index (χ4v) is 2.54. The van der Waals surface area contributed by atoms with Crippen molar-refractivity contribution in [1.82, 2.24) is 5.32 Å². The van der Waals surface area contributed by atoms with E-state index in [0.717, 1.165) is 11.4 Å². The van der Waals surface area contributed by atoms with Crippen LogP contribution < -0.4 is 15.5 Å². The van der Waals surface area contributed by atoms with Crippen molar-refractivity contribution in [3.05, 3.63) is 65.9 Å². The summed E-state index contributed by atoms with van der Waals surface area (Å²) in [7, 11) is 1.70. The number of carbonyl (C=O) groups is 3. The second-order valence-corrected chi connectivity index (χ2v) is 5.66. The minimum Gasteiger partial charge on any atom is -0.361 e. The molecule has 0 fully saturated rings. The van der Waals surface area contributed by atoms with Gasteiger partial charge in [-0.3, -0.25) is 19.7 Å². The summed E-state index contributed by atoms with van der Waals surface area (Å²) in [6.45, 7) is 1.50. The highest BCUT2D eigenvalue weighted by Gasteiger charge is 2.26. The van der Waals surface area contributed by atoms with Crippen LogP contribution in [0.2, 0.25) is 0 Å². The van der Waals surface area contributed by atoms with Crippen LogP contribution >= 0.6 is 0 Å². The summed E-state index contributed by atoms with van der Waals surface area (Å²) in [4.78, 5) is 36.9. The number of fused-ring (bicyclic) bond motifs is 1. The largest absolute Gasteiger partial charge is 0.361 e. The first kappa shape index (κ1) is 16.4. The Morgan fingerprint density at radius 1 is 1.00 bits per heavy atom. The quantitative estimate of drug-likeness (QED) is 0.667. The van der Waals surface area contributed by atoms with E-state index in [1.54, 1.807) is 54.5 Å². The average molecular weight is 335 g/mol. The van der Waals surface area contributed by atoms with Crippen LogP contribution in [0.1, 0.15) is 22.8 Å². The van der Waals surface area contributed by atoms with E-state index in [0.29, 0.717) is 16.7 Å². The number of carbonyl (C=O) groups excluding carboxylic acids is 3. The summed E-state index contributed by atoms with van der Waals surface area (Å²) >= 11 is 0. The van der Waals surface area contributed by atoms with E-state index in [2.05, 4.69) is 10.6 Å². The molecular formula is C19H17N3O3. The Balaban J connectivity index is 1.84. The highest BCUT2D eigenvalue weighted by Crippen LogP contribution is 2.24. The molecule has 25 heavy (non-hydrogen) atoms. The molecule has 1 aliphatic heterocycles. The third kappa shape index (κ3) is 3.28. The van der Waals surface area contributed by atoms with E-state index in [-0.39, 0.29) is 5.91 Å². The summed E-state index contributed by atoms with van der Waals surface area (Å²) in [5, 5.41) is 5.39. The van der Waals surface area contributed by atoms with Gasteiger partial charge >= 0.3 is 0 Å². The van der Waals surface area contributed by atoms with Gasteiger partial charge in [-0.1, -0.05) is 18.2 Å². The maximum absolute atomic E-state index is 12.1. The summed E-state index contributed by atoms with van der Waals surface area (Å²) in [6, 6.07) is 14.2. The molecule has 6 heteroatoms. The minimum absolute atomic E-state index is 0.0528. The fraction of sp³-hybridized carbons (Fsp3) is 0.105. The topological polar surface area (TPSA) is 78.5 Å². The highest BCUT2D eigenvalue weighted by atomic mass is 16.2. The van der Waals surface area contributed by atoms with Gasteiger partial charge in [-0.25, -0.2) is 0 Å². The maximum atomic E-state index is 12.1. The molecule has 0 bridgehead atoms. The number of amides is 3. The summed E-state index contributed by atoms with van der Waals surface area (Å²) < 4.78 is 0. The number of hydrogen-bond donors (Lipinski definition) is 2. The summed E-state index contributed by atoms with van der Waals surface area (Å²) in [6.07, 6.45) is 1.57. The van der Waals surface area contributed by atoms with E-state index in [1.165, 1.54) is 6.92 Å². The molecule has 0 atom stereocenters. The van der Waals surface area contributed by atoms with Crippen molar-refractivity contribution in [2.75, 3.05) is 17.3 Å². The van der Waals surface area contributed by atoms with E-state index < -0.39 is 11.8 Å². The van der Waals surface area contributed by atoms with E-state index in [9.17, 15) is 14.4 Å². The second-order valence-electron chi connectivity index (χ2n) is 5.66. The third-order valence-electron chi connectivity index (χ3n) is 4.04. The lowest BCUT2D eigenvalue weighted by molar-refractivity contribution is -0.116. The third-order valence-corrected chi connectivity index (χ3v) is 4.04. The molecule has 6 nitrogen and oxygen atoms in total. The first-order valence-electron chi connectivity index (χ1n) is 7.73. The minimum atomic E-state index is -0.441. The molecule has 0 unspecified atom stereocenters. The Kier molecular flexibility index (Phi) is 4.35. The number of nitrogens with zero attached hydrogens (tertiary/aromatic N) is 1. The smallest absolute Gasteiger partial charge is 0.260 e. The molecule has 3 amide bonds. The lowest BCUT2D eigenvalue weighted by atomic mass is 9.96. The molecule has 0 spiro atoms. The van der Waals surface area contributed by atoms with Crippen molar-refractivity contribution in [1.29, 1.82) is 0 Å². The number of imide groups is 1. The van der Waals surface area contributed by atoms with Gasteiger partial charge in [0.1, 0.15) is 0 Å². The zero-order valence-electron chi connectivity index (χ0n) is 13.9. The monoisotopic (exact) mass is 335 g/mol. The molecule has 3 rings (SSSR count). The molecular weight excluding hydrogens is 318 g/mol. The summed E-state index contributed by atoms with van der Waals surface area (Å²) in [5.74, 6) is -0.888. The van der Waals surface area contributed by atoms with Gasteiger partial charge in [0.05, 0.1) is 5.57 Å². The van der Waals surface area contributed by atoms with Gasteiger partial charge in [-0.05, 0) is 30.3 Å². The van der Waals surface area contributed by atoms with Crippen LogP contribution in [-0.2, 0) is 9.59 Å². The van der Waals surface area contributed by atoms with Crippen LogP contribution in [0.3, 0.4) is 0 Å². The predicted octanol–water partition coefficient (Wildman–Crippen LogP) is 2.39. The zero-order valence-corrected chi connectivity index (χ0v) is 13.9. The number of rotatable bonds is 3. The van der Waals surface area contributed by atoms with Crippen molar-refractivity contribution >= 4 is 34.7 Å². The van der Waals surface area contributed by atoms with Crippen molar-refractivity contribution in [2.45, 2.75) is 6.92 Å². The SMILES string of the molecule is CC(=O)N(C)c1ccc(N/C=C2\C(=O)NC(=O)c3ccccc32)cc1. The van der Waals surface area contributed by atoms with Gasteiger partial charge < -0.3 is 10.2 Å². The number of benzene rings is 2. The van der Waals surface area contributed by atoms with Gasteiger partial charge in [0, 0.05) is 42.7 Å². The Morgan fingerprint density at radius 3 is 2.28 bits per heavy atom. The Labute approximate surface area is 145 Å². The van der Waals surface area contributed by atoms with Crippen LogP contribution in [0.4, 0.5) is 11.4 Å². The molecule has 0 radical (unpaired) electrons. The van der Waals surface area contributed by atoms with E-state index in [1.807, 2.05) is 12.1 Å². The number of hydrogen-bond acceptors (Lipinski definition) is 4. The van der Waals surface area contributed by atoms with Crippen LogP contribution in [0.5, 0.6) is 0 Å². The molecule has 0 saturated heterocycles. The Bertz CT molecular complexity index is 885. The molecule has 2 N–H and O–H groups in total. The van der Waals surface area contributed by atoms with Gasteiger partial charge in [-0.15, -0.1) is 0 Å². The van der Waals surface area contributed by atoms with Crippen molar-refractivity contribution in [3.8, 4) is 0 Å². The second kappa shape index (κ2) is 6.60. The van der Waals surface area contributed by atoms with Crippen LogP contribution in [0.15, 0.2) is 54.7 Å². The molecule has 2 aromatic carbocycles. The molecule has 0 saturated carbocycles. The summed E-state index contributed by atoms with van der Waals surface area (Å²) in [5.41, 5.74) is 2.98. The fourth-order valence-electron chi connectivity index (χ4n) is 2.54. The lowest BCUT2D eigenvalue weighted by Gasteiger charge is -2.18. The van der Waals surface area contributed by atoms with Crippen LogP contribution in [0.25, 0.3) is 5.57 Å². The first-order chi connectivity index (χ1) is 12.0. The molecule has 1 aliphatic rings. The molecule has 1 heterocycles. The average Bonchev–Trinajstić information content (AvgIpc) is 2.61. The van der Waals surface area contributed by atoms with Gasteiger partial charge in [0.25, 0.3) is 11.8 Å². The predicted molar refractivity (Wildman–Crippen MR) is 96.0 cm³/mol. The molecule has 2 aromatic rings. The van der Waals surface area contributed by atoms with Crippen LogP contribution in [0, 0.1) is 0 Å². The molecule has 0 aliphatic carbocycles. The Hall–Kier alpha value is -3.41. The van der Waals surface area contributed by atoms with Gasteiger partial charge in [-0.2, -0.15) is 0 Å². The Morgan fingerprint density at radius 2 is 1.64 bits per heavy atom. The van der Waals surface area contributed by atoms with E-state index >= 15 is 0 Å². The lowest BCUT2D eigenvalue weighted by Crippen LogP contribution is -2.36. The zero-order chi connectivity index (χ0) is 18.0. The maximum Gasteiger partial charge on any atom is 0.260 e. The van der Waals surface area contributed by atoms with Gasteiger partial charge in [0.2, 0.25) is 5.91 Å². The normalized spacial score (nSPS) is 14.7. The number of nitrogens with one attached hydrogen (secondary N) is 2. The highest BCUT2D eigenvalue weighted by molar-refractivity contribution is 6.31.